The van der Waals surface area contributed by atoms with Crippen molar-refractivity contribution in [3.63, 3.8) is 0 Å². The molecule has 0 bridgehead atoms. The fraction of sp³-hybridized carbons (Fsp3) is 0.621. The summed E-state index contributed by atoms with van der Waals surface area (Å²) in [5.41, 5.74) is -1.56. The van der Waals surface area contributed by atoms with Gasteiger partial charge in [0.05, 0.1) is 45.4 Å². The Morgan fingerprint density at radius 3 is 1.97 bits per heavy atom. The summed E-state index contributed by atoms with van der Waals surface area (Å²) in [4.78, 5) is 12.2. The van der Waals surface area contributed by atoms with Crippen molar-refractivity contribution in [3.05, 3.63) is 53.3 Å². The molecule has 0 amide bonds. The largest absolute Gasteiger partial charge is 0.496 e. The molecule has 1 unspecified atom stereocenters. The van der Waals surface area contributed by atoms with Gasteiger partial charge >= 0.3 is 0 Å². The minimum absolute atomic E-state index is 0.0318. The average molecular weight is 553 g/mol. The maximum absolute atomic E-state index is 12.2. The van der Waals surface area contributed by atoms with E-state index in [1.54, 1.807) is 50.3 Å². The Labute approximate surface area is 231 Å². The van der Waals surface area contributed by atoms with Crippen LogP contribution in [0.3, 0.4) is 0 Å². The first-order valence-corrected chi connectivity index (χ1v) is 13.2. The van der Waals surface area contributed by atoms with Crippen LogP contribution in [0.1, 0.15) is 46.1 Å². The topological polar surface area (TPSA) is 133 Å². The molecule has 10 heteroatoms. The van der Waals surface area contributed by atoms with E-state index in [0.717, 1.165) is 5.76 Å². The lowest BCUT2D eigenvalue weighted by Crippen LogP contribution is -2.51. The zero-order chi connectivity index (χ0) is 28.9. The zero-order valence-electron chi connectivity index (χ0n) is 23.7. The summed E-state index contributed by atoms with van der Waals surface area (Å²) in [5, 5.41) is 29.6. The minimum Gasteiger partial charge on any atom is -0.496 e. The van der Waals surface area contributed by atoms with Crippen LogP contribution in [-0.4, -0.2) is 92.3 Å². The Morgan fingerprint density at radius 1 is 0.821 bits per heavy atom. The van der Waals surface area contributed by atoms with Gasteiger partial charge in [-0.25, -0.2) is 0 Å². The molecule has 0 saturated heterocycles. The number of ether oxygens (including phenoxy) is 6. The second-order valence-electron chi connectivity index (χ2n) is 10.1. The van der Waals surface area contributed by atoms with E-state index in [2.05, 4.69) is 0 Å². The van der Waals surface area contributed by atoms with Crippen molar-refractivity contribution >= 4 is 5.78 Å². The number of ketones is 1. The summed E-state index contributed by atoms with van der Waals surface area (Å²) in [6.45, 7) is 8.21. The Morgan fingerprint density at radius 2 is 1.44 bits per heavy atom. The van der Waals surface area contributed by atoms with Gasteiger partial charge in [0, 0.05) is 19.1 Å². The highest BCUT2D eigenvalue weighted by Crippen LogP contribution is 2.38. The lowest BCUT2D eigenvalue weighted by molar-refractivity contribution is -0.315. The molecule has 1 aromatic carbocycles. The van der Waals surface area contributed by atoms with Crippen LogP contribution in [0, 0.1) is 0 Å². The zero-order valence-corrected chi connectivity index (χ0v) is 23.7. The smallest absolute Gasteiger partial charge is 0.224 e. The molecule has 1 aromatic rings. The molecule has 10 nitrogen and oxygen atoms in total. The first kappa shape index (κ1) is 32.9. The number of carbonyl (C=O) groups is 1. The second kappa shape index (κ2) is 15.5. The molecular formula is C29H44O10. The molecule has 0 radical (unpaired) electrons. The van der Waals surface area contributed by atoms with Gasteiger partial charge in [0.1, 0.15) is 30.2 Å². The van der Waals surface area contributed by atoms with Crippen molar-refractivity contribution in [2.45, 2.75) is 57.5 Å². The van der Waals surface area contributed by atoms with Gasteiger partial charge in [-0.15, -0.1) is 0 Å². The predicted octanol–water partition coefficient (Wildman–Crippen LogP) is 2.64. The molecule has 0 saturated carbocycles. The van der Waals surface area contributed by atoms with Crippen molar-refractivity contribution in [2.75, 3.05) is 60.0 Å². The maximum atomic E-state index is 12.2. The van der Waals surface area contributed by atoms with Crippen molar-refractivity contribution in [3.8, 4) is 5.75 Å². The van der Waals surface area contributed by atoms with Gasteiger partial charge in [-0.3, -0.25) is 4.79 Å². The summed E-state index contributed by atoms with van der Waals surface area (Å²) in [5.74, 6) is -0.330. The van der Waals surface area contributed by atoms with E-state index < -0.39 is 17.0 Å². The SMILES string of the molecule is COC(OCCOCCOC1=CC=C(C(=O)C(C)(C)O)CC1)(c1ccc(OCCOCCO)cc1)C(C)(C)O. The van der Waals surface area contributed by atoms with E-state index in [1.807, 2.05) is 0 Å². The Bertz CT molecular complexity index is 940. The molecule has 0 spiro atoms. The number of hydrogen-bond donors (Lipinski definition) is 3. The second-order valence-corrected chi connectivity index (χ2v) is 10.1. The van der Waals surface area contributed by atoms with Crippen LogP contribution in [0.5, 0.6) is 5.75 Å². The van der Waals surface area contributed by atoms with Gasteiger partial charge in [-0.05, 0) is 70.0 Å². The predicted molar refractivity (Wildman–Crippen MR) is 144 cm³/mol. The number of aliphatic hydroxyl groups excluding tert-OH is 1. The summed E-state index contributed by atoms with van der Waals surface area (Å²) < 4.78 is 34.0. The van der Waals surface area contributed by atoms with Crippen LogP contribution in [0.25, 0.3) is 0 Å². The van der Waals surface area contributed by atoms with Crippen molar-refractivity contribution in [1.82, 2.24) is 0 Å². The monoisotopic (exact) mass is 552 g/mol. The molecule has 0 aliphatic heterocycles. The van der Waals surface area contributed by atoms with Gasteiger partial charge in [0.25, 0.3) is 0 Å². The highest BCUT2D eigenvalue weighted by molar-refractivity contribution is 6.01. The number of aliphatic hydroxyl groups is 3. The summed E-state index contributed by atoms with van der Waals surface area (Å²) in [7, 11) is 1.47. The lowest BCUT2D eigenvalue weighted by Gasteiger charge is -2.42. The Hall–Kier alpha value is -2.31. The molecule has 1 aliphatic rings. The fourth-order valence-electron chi connectivity index (χ4n) is 4.09. The van der Waals surface area contributed by atoms with Gasteiger partial charge in [0.2, 0.25) is 5.79 Å². The standard InChI is InChI=1S/C29H44O10/c1-27(2,32)26(31)22-6-10-24(11-7-22)37-20-17-36-18-21-39-29(34-5,28(3,4)33)23-8-12-25(13-9-23)38-19-16-35-15-14-30/h6,8-10,12-13,30,32-33H,7,11,14-21H2,1-5H3. The van der Waals surface area contributed by atoms with E-state index in [1.165, 1.54) is 21.0 Å². The van der Waals surface area contributed by atoms with E-state index in [0.29, 0.717) is 56.2 Å². The van der Waals surface area contributed by atoms with Crippen LogP contribution in [0.2, 0.25) is 0 Å². The number of carbonyl (C=O) groups excluding carboxylic acids is 1. The highest BCUT2D eigenvalue weighted by atomic mass is 16.7. The van der Waals surface area contributed by atoms with Crippen LogP contribution in [0.15, 0.2) is 47.7 Å². The average Bonchev–Trinajstić information content (AvgIpc) is 2.89. The first-order valence-electron chi connectivity index (χ1n) is 13.2. The molecule has 0 heterocycles. The minimum atomic E-state index is -1.44. The van der Waals surface area contributed by atoms with Crippen LogP contribution < -0.4 is 4.74 Å². The van der Waals surface area contributed by atoms with Crippen molar-refractivity contribution in [2.24, 2.45) is 0 Å². The van der Waals surface area contributed by atoms with Crippen molar-refractivity contribution in [1.29, 1.82) is 0 Å². The normalized spacial score (nSPS) is 15.8. The number of Topliss-reactive ketones (excluding diaryl/α,β-unsaturated/α-hetero) is 1. The molecule has 1 aliphatic carbocycles. The van der Waals surface area contributed by atoms with Crippen LogP contribution >= 0.6 is 0 Å². The van der Waals surface area contributed by atoms with Crippen LogP contribution in [-0.2, 0) is 34.3 Å². The third kappa shape index (κ3) is 9.99. The molecule has 1 atom stereocenters. The number of rotatable bonds is 19. The quantitative estimate of drug-likeness (QED) is 0.174. The van der Waals surface area contributed by atoms with E-state index in [4.69, 9.17) is 33.5 Å². The Balaban J connectivity index is 1.81. The van der Waals surface area contributed by atoms with Gasteiger partial charge in [0.15, 0.2) is 5.78 Å². The van der Waals surface area contributed by atoms with Gasteiger partial charge in [-0.2, -0.15) is 0 Å². The molecule has 3 N–H and O–H groups in total. The molecular weight excluding hydrogens is 508 g/mol. The molecule has 0 aromatic heterocycles. The number of benzene rings is 1. The summed E-state index contributed by atoms with van der Waals surface area (Å²) in [6, 6.07) is 7.06. The maximum Gasteiger partial charge on any atom is 0.224 e. The fourth-order valence-corrected chi connectivity index (χ4v) is 4.09. The van der Waals surface area contributed by atoms with Gasteiger partial charge in [-0.1, -0.05) is 6.08 Å². The number of allylic oxidation sites excluding steroid dienone is 3. The molecule has 0 fully saturated rings. The molecule has 2 rings (SSSR count). The highest BCUT2D eigenvalue weighted by Gasteiger charge is 2.47. The van der Waals surface area contributed by atoms with E-state index in [9.17, 15) is 15.0 Å². The first-order chi connectivity index (χ1) is 18.4. The third-order valence-electron chi connectivity index (χ3n) is 6.07. The number of methoxy groups -OCH3 is 1. The number of hydrogen-bond acceptors (Lipinski definition) is 10. The van der Waals surface area contributed by atoms with Gasteiger partial charge < -0.3 is 43.7 Å². The summed E-state index contributed by atoms with van der Waals surface area (Å²) in [6.07, 6.45) is 4.55. The summed E-state index contributed by atoms with van der Waals surface area (Å²) >= 11 is 0. The molecule has 39 heavy (non-hydrogen) atoms. The van der Waals surface area contributed by atoms with E-state index in [-0.39, 0.29) is 32.2 Å². The third-order valence-corrected chi connectivity index (χ3v) is 6.07. The van der Waals surface area contributed by atoms with Crippen molar-refractivity contribution < 1.29 is 48.5 Å². The van der Waals surface area contributed by atoms with E-state index >= 15 is 0 Å². The Kier molecular flexibility index (Phi) is 13.1. The molecule has 220 valence electrons. The van der Waals surface area contributed by atoms with Crippen LogP contribution in [0.4, 0.5) is 0 Å². The lowest BCUT2D eigenvalue weighted by atomic mass is 9.90.